The molecule has 3 heteroatoms. The zero-order valence-electron chi connectivity index (χ0n) is 16.7. The molecule has 0 radical (unpaired) electrons. The molecular weight excluding hydrogens is 332 g/mol. The van der Waals surface area contributed by atoms with Gasteiger partial charge in [-0.05, 0) is 86.5 Å². The summed E-state index contributed by atoms with van der Waals surface area (Å²) in [7, 11) is 0. The number of amides is 1. The molecule has 3 nitrogen and oxygen atoms in total. The molecule has 3 N–H and O–H groups in total. The van der Waals surface area contributed by atoms with Gasteiger partial charge in [0, 0.05) is 12.1 Å². The first-order valence-electron chi connectivity index (χ1n) is 11.0. The van der Waals surface area contributed by atoms with Crippen molar-refractivity contribution in [3.63, 3.8) is 0 Å². The Morgan fingerprint density at radius 2 is 1.74 bits per heavy atom. The maximum Gasteiger partial charge on any atom is 0.226 e. The topological polar surface area (TPSA) is 55.1 Å². The summed E-state index contributed by atoms with van der Waals surface area (Å²) in [5.41, 5.74) is 7.92. The molecule has 0 aromatic heterocycles. The van der Waals surface area contributed by atoms with Crippen LogP contribution in [0.2, 0.25) is 0 Å². The molecule has 4 unspecified atom stereocenters. The molecule has 6 rings (SSSR count). The van der Waals surface area contributed by atoms with Gasteiger partial charge in [-0.2, -0.15) is 0 Å². The van der Waals surface area contributed by atoms with Crippen molar-refractivity contribution in [3.8, 4) is 0 Å². The fraction of sp³-hybridized carbons (Fsp3) is 0.708. The molecule has 0 spiro atoms. The molecule has 27 heavy (non-hydrogen) atoms. The van der Waals surface area contributed by atoms with E-state index in [0.717, 1.165) is 44.9 Å². The van der Waals surface area contributed by atoms with Gasteiger partial charge in [-0.15, -0.1) is 0 Å². The number of rotatable bonds is 3. The van der Waals surface area contributed by atoms with Gasteiger partial charge in [0.05, 0.1) is 5.41 Å². The number of hydrogen-bond donors (Lipinski definition) is 2. The van der Waals surface area contributed by atoms with Crippen molar-refractivity contribution in [2.75, 3.05) is 0 Å². The summed E-state index contributed by atoms with van der Waals surface area (Å²) in [5, 5.41) is 3.49. The van der Waals surface area contributed by atoms with Gasteiger partial charge in [0.2, 0.25) is 5.91 Å². The second-order valence-corrected chi connectivity index (χ2v) is 10.8. The third-order valence-corrected chi connectivity index (χ3v) is 8.32. The highest BCUT2D eigenvalue weighted by atomic mass is 16.2. The van der Waals surface area contributed by atoms with Crippen molar-refractivity contribution in [2.24, 2.45) is 22.5 Å². The monoisotopic (exact) mass is 366 g/mol. The van der Waals surface area contributed by atoms with Gasteiger partial charge >= 0.3 is 0 Å². The van der Waals surface area contributed by atoms with Crippen LogP contribution >= 0.6 is 0 Å². The summed E-state index contributed by atoms with van der Waals surface area (Å²) < 4.78 is 0. The molecule has 146 valence electrons. The molecule has 5 aliphatic carbocycles. The van der Waals surface area contributed by atoms with E-state index >= 15 is 0 Å². The number of nitrogens with one attached hydrogen (secondary N) is 1. The Labute approximate surface area is 163 Å². The molecule has 5 fully saturated rings. The molecular formula is C24H34N2O. The van der Waals surface area contributed by atoms with Crippen LogP contribution in [0.5, 0.6) is 0 Å². The summed E-state index contributed by atoms with van der Waals surface area (Å²) in [4.78, 5) is 13.6. The summed E-state index contributed by atoms with van der Waals surface area (Å²) >= 11 is 0. The molecule has 4 atom stereocenters. The lowest BCUT2D eigenvalue weighted by Gasteiger charge is -2.65. The average molecular weight is 367 g/mol. The van der Waals surface area contributed by atoms with Gasteiger partial charge in [0.15, 0.2) is 0 Å². The van der Waals surface area contributed by atoms with E-state index in [1.54, 1.807) is 0 Å². The summed E-state index contributed by atoms with van der Waals surface area (Å²) in [6, 6.07) is 11.8. The fourth-order valence-electron chi connectivity index (χ4n) is 7.89. The van der Waals surface area contributed by atoms with Crippen LogP contribution in [0, 0.1) is 16.7 Å². The zero-order valence-corrected chi connectivity index (χ0v) is 16.7. The van der Waals surface area contributed by atoms with Crippen molar-refractivity contribution >= 4 is 5.91 Å². The van der Waals surface area contributed by atoms with Crippen LogP contribution in [0.15, 0.2) is 30.3 Å². The highest BCUT2D eigenvalue weighted by molar-refractivity contribution is 5.84. The first-order chi connectivity index (χ1) is 12.9. The number of carbonyl (C=O) groups is 1. The average Bonchev–Trinajstić information content (AvgIpc) is 2.62. The molecule has 4 bridgehead atoms. The van der Waals surface area contributed by atoms with Crippen LogP contribution < -0.4 is 11.1 Å². The third-order valence-electron chi connectivity index (χ3n) is 8.32. The summed E-state index contributed by atoms with van der Waals surface area (Å²) in [6.45, 7) is 2.46. The number of benzene rings is 1. The molecule has 1 amide bonds. The Hall–Kier alpha value is -1.35. The van der Waals surface area contributed by atoms with E-state index in [1.807, 2.05) is 0 Å². The minimum absolute atomic E-state index is 0.149. The fourth-order valence-corrected chi connectivity index (χ4v) is 7.89. The number of hydrogen-bond acceptors (Lipinski definition) is 2. The Morgan fingerprint density at radius 3 is 2.44 bits per heavy atom. The molecule has 1 aromatic carbocycles. The van der Waals surface area contributed by atoms with E-state index in [2.05, 4.69) is 42.6 Å². The Balaban J connectivity index is 1.43. The smallest absolute Gasteiger partial charge is 0.226 e. The lowest BCUT2D eigenvalue weighted by molar-refractivity contribution is -0.161. The van der Waals surface area contributed by atoms with Crippen LogP contribution in [-0.2, 0) is 10.2 Å². The van der Waals surface area contributed by atoms with Crippen molar-refractivity contribution in [2.45, 2.75) is 88.6 Å². The van der Waals surface area contributed by atoms with Crippen LogP contribution in [0.25, 0.3) is 0 Å². The van der Waals surface area contributed by atoms with Crippen LogP contribution in [-0.4, -0.2) is 18.0 Å². The molecule has 0 saturated heterocycles. The largest absolute Gasteiger partial charge is 0.353 e. The predicted molar refractivity (Wildman–Crippen MR) is 108 cm³/mol. The first kappa shape index (κ1) is 17.7. The van der Waals surface area contributed by atoms with Crippen molar-refractivity contribution in [1.29, 1.82) is 0 Å². The third kappa shape index (κ3) is 2.93. The SMILES string of the molecule is CC12CC3CC(C(=O)N[C@H]4CC[C@@H](N)CC4)(C1)CC(c1ccccc1)(C3)C2. The first-order valence-corrected chi connectivity index (χ1v) is 11.0. The van der Waals surface area contributed by atoms with Crippen LogP contribution in [0.4, 0.5) is 0 Å². The van der Waals surface area contributed by atoms with Crippen molar-refractivity contribution in [3.05, 3.63) is 35.9 Å². The summed E-state index contributed by atoms with van der Waals surface area (Å²) in [6.07, 6.45) is 11.3. The predicted octanol–water partition coefficient (Wildman–Crippen LogP) is 4.30. The van der Waals surface area contributed by atoms with E-state index in [4.69, 9.17) is 5.73 Å². The van der Waals surface area contributed by atoms with Gasteiger partial charge < -0.3 is 11.1 Å². The molecule has 1 aromatic rings. The van der Waals surface area contributed by atoms with E-state index in [0.29, 0.717) is 29.3 Å². The van der Waals surface area contributed by atoms with Crippen LogP contribution in [0.3, 0.4) is 0 Å². The highest BCUT2D eigenvalue weighted by Crippen LogP contribution is 2.70. The second kappa shape index (κ2) is 6.07. The second-order valence-electron chi connectivity index (χ2n) is 10.8. The van der Waals surface area contributed by atoms with Crippen molar-refractivity contribution in [1.82, 2.24) is 5.32 Å². The quantitative estimate of drug-likeness (QED) is 0.838. The Bertz CT molecular complexity index is 725. The highest BCUT2D eigenvalue weighted by Gasteiger charge is 2.64. The molecule has 5 aliphatic rings. The maximum atomic E-state index is 13.6. The lowest BCUT2D eigenvalue weighted by atomic mass is 9.38. The van der Waals surface area contributed by atoms with E-state index in [9.17, 15) is 4.79 Å². The van der Waals surface area contributed by atoms with Gasteiger partial charge in [0.1, 0.15) is 0 Å². The Morgan fingerprint density at radius 1 is 1.00 bits per heavy atom. The lowest BCUT2D eigenvalue weighted by Crippen LogP contribution is -2.62. The minimum Gasteiger partial charge on any atom is -0.353 e. The standard InChI is InChI=1S/C24H34N2O/c1-22-11-17-12-23(14-22,18-5-3-2-4-6-18)16-24(13-17,15-22)21(27)26-20-9-7-19(25)8-10-20/h2-6,17,19-20H,7-16,25H2,1H3,(H,26,27)/t17?,19-,20+,22?,23?,24?. The Kier molecular flexibility index (Phi) is 3.99. The molecule has 0 aliphatic heterocycles. The van der Waals surface area contributed by atoms with E-state index < -0.39 is 0 Å². The zero-order chi connectivity index (χ0) is 18.7. The van der Waals surface area contributed by atoms with Crippen molar-refractivity contribution < 1.29 is 4.79 Å². The number of carbonyl (C=O) groups excluding carboxylic acids is 1. The molecule has 0 heterocycles. The number of nitrogens with two attached hydrogens (primary N) is 1. The summed E-state index contributed by atoms with van der Waals surface area (Å²) in [5.74, 6) is 1.07. The molecule has 5 saturated carbocycles. The van der Waals surface area contributed by atoms with Crippen LogP contribution in [0.1, 0.15) is 76.7 Å². The normalized spacial score (nSPS) is 45.6. The van der Waals surface area contributed by atoms with Gasteiger partial charge in [-0.25, -0.2) is 0 Å². The van der Waals surface area contributed by atoms with Gasteiger partial charge in [0.25, 0.3) is 0 Å². The minimum atomic E-state index is -0.149. The van der Waals surface area contributed by atoms with E-state index in [-0.39, 0.29) is 10.8 Å². The maximum absolute atomic E-state index is 13.6. The van der Waals surface area contributed by atoms with E-state index in [1.165, 1.54) is 24.8 Å². The van der Waals surface area contributed by atoms with Gasteiger partial charge in [-0.3, -0.25) is 4.79 Å². The van der Waals surface area contributed by atoms with Gasteiger partial charge in [-0.1, -0.05) is 37.3 Å².